The van der Waals surface area contributed by atoms with Gasteiger partial charge in [0.25, 0.3) is 5.91 Å². The predicted octanol–water partition coefficient (Wildman–Crippen LogP) is 5.89. The summed E-state index contributed by atoms with van der Waals surface area (Å²) in [5.41, 5.74) is 4.11. The maximum atomic E-state index is 13.0. The van der Waals surface area contributed by atoms with E-state index in [-0.39, 0.29) is 0 Å². The Hall–Kier alpha value is -3.37. The third-order valence-corrected chi connectivity index (χ3v) is 4.60. The van der Waals surface area contributed by atoms with Gasteiger partial charge in [-0.2, -0.15) is 0 Å². The van der Waals surface area contributed by atoms with Gasteiger partial charge in [-0.25, -0.2) is 4.79 Å². The second-order valence-electron chi connectivity index (χ2n) is 6.98. The lowest BCUT2D eigenvalue weighted by atomic mass is 10.1. The van der Waals surface area contributed by atoms with E-state index in [1.54, 1.807) is 54.6 Å². The second kappa shape index (κ2) is 9.90. The number of nitrogens with one attached hydrogen (secondary N) is 1. The number of rotatable bonds is 6. The van der Waals surface area contributed by atoms with Gasteiger partial charge in [-0.15, -0.1) is 0 Å². The standard InChI is InChI=1S/C25H22ClNO3/c1-17-14-18(2)16-22(15-17)27-25(29)24(20-6-4-3-5-7-20)30-23(28)13-10-19-8-11-21(26)12-9-19/h3-16,24H,1-2H3,(H,27,29)/b13-10+/t24-/m1/s1. The summed E-state index contributed by atoms with van der Waals surface area (Å²) in [5.74, 6) is -1.03. The molecule has 0 aliphatic heterocycles. The zero-order valence-corrected chi connectivity index (χ0v) is 17.5. The minimum Gasteiger partial charge on any atom is -0.444 e. The van der Waals surface area contributed by atoms with Gasteiger partial charge < -0.3 is 10.1 Å². The second-order valence-corrected chi connectivity index (χ2v) is 7.41. The molecule has 0 aliphatic rings. The van der Waals surface area contributed by atoms with E-state index >= 15 is 0 Å². The van der Waals surface area contributed by atoms with Crippen molar-refractivity contribution in [3.8, 4) is 0 Å². The lowest BCUT2D eigenvalue weighted by molar-refractivity contribution is -0.149. The fourth-order valence-electron chi connectivity index (χ4n) is 3.05. The number of carbonyl (C=O) groups excluding carboxylic acids is 2. The van der Waals surface area contributed by atoms with Crippen LogP contribution in [0.1, 0.15) is 28.4 Å². The molecule has 0 radical (unpaired) electrons. The Kier molecular flexibility index (Phi) is 7.04. The van der Waals surface area contributed by atoms with E-state index < -0.39 is 18.0 Å². The average Bonchev–Trinajstić information content (AvgIpc) is 2.71. The SMILES string of the molecule is Cc1cc(C)cc(NC(=O)[C@H](OC(=O)/C=C/c2ccc(Cl)cc2)c2ccccc2)c1. The smallest absolute Gasteiger partial charge is 0.331 e. The van der Waals surface area contributed by atoms with Gasteiger partial charge >= 0.3 is 5.97 Å². The van der Waals surface area contributed by atoms with Crippen molar-refractivity contribution in [2.24, 2.45) is 0 Å². The first-order chi connectivity index (χ1) is 14.4. The number of hydrogen-bond donors (Lipinski definition) is 1. The lowest BCUT2D eigenvalue weighted by Crippen LogP contribution is -2.25. The van der Waals surface area contributed by atoms with Crippen LogP contribution in [0.3, 0.4) is 0 Å². The van der Waals surface area contributed by atoms with E-state index in [2.05, 4.69) is 5.32 Å². The van der Waals surface area contributed by atoms with Gasteiger partial charge in [0.15, 0.2) is 0 Å². The Morgan fingerprint density at radius 1 is 0.933 bits per heavy atom. The first-order valence-corrected chi connectivity index (χ1v) is 9.87. The van der Waals surface area contributed by atoms with Crippen molar-refractivity contribution in [3.05, 3.63) is 106 Å². The van der Waals surface area contributed by atoms with Gasteiger partial charge in [0.1, 0.15) is 0 Å². The molecule has 3 aromatic rings. The molecule has 0 bridgehead atoms. The minimum atomic E-state index is -1.07. The summed E-state index contributed by atoms with van der Waals surface area (Å²) in [5, 5.41) is 3.47. The van der Waals surface area contributed by atoms with Crippen LogP contribution in [0.15, 0.2) is 78.9 Å². The van der Waals surface area contributed by atoms with Crippen LogP contribution in [0.5, 0.6) is 0 Å². The third-order valence-electron chi connectivity index (χ3n) is 4.35. The van der Waals surface area contributed by atoms with E-state index in [9.17, 15) is 9.59 Å². The van der Waals surface area contributed by atoms with Gasteiger partial charge in [-0.05, 0) is 60.9 Å². The molecule has 30 heavy (non-hydrogen) atoms. The molecule has 5 heteroatoms. The molecule has 152 valence electrons. The highest BCUT2D eigenvalue weighted by Gasteiger charge is 2.24. The molecular formula is C25H22ClNO3. The highest BCUT2D eigenvalue weighted by atomic mass is 35.5. The molecule has 0 fully saturated rings. The zero-order chi connectivity index (χ0) is 21.5. The summed E-state index contributed by atoms with van der Waals surface area (Å²) in [6.07, 6.45) is 1.83. The number of anilines is 1. The van der Waals surface area contributed by atoms with E-state index in [1.165, 1.54) is 6.08 Å². The molecule has 3 rings (SSSR count). The van der Waals surface area contributed by atoms with Gasteiger partial charge in [0.05, 0.1) is 0 Å². The van der Waals surface area contributed by atoms with Crippen molar-refractivity contribution in [3.63, 3.8) is 0 Å². The Labute approximate surface area is 181 Å². The van der Waals surface area contributed by atoms with Gasteiger partial charge in [0.2, 0.25) is 6.10 Å². The van der Waals surface area contributed by atoms with Crippen LogP contribution in [-0.4, -0.2) is 11.9 Å². The molecule has 0 spiro atoms. The van der Waals surface area contributed by atoms with Crippen molar-refractivity contribution in [2.75, 3.05) is 5.32 Å². The van der Waals surface area contributed by atoms with Crippen LogP contribution in [0.4, 0.5) is 5.69 Å². The number of esters is 1. The molecule has 1 amide bonds. The highest BCUT2D eigenvalue weighted by Crippen LogP contribution is 2.22. The molecule has 0 unspecified atom stereocenters. The number of aryl methyl sites for hydroxylation is 2. The largest absolute Gasteiger partial charge is 0.444 e. The molecule has 0 saturated heterocycles. The Bertz CT molecular complexity index is 1040. The van der Waals surface area contributed by atoms with Crippen molar-refractivity contribution in [1.29, 1.82) is 0 Å². The average molecular weight is 420 g/mol. The number of ether oxygens (including phenoxy) is 1. The maximum absolute atomic E-state index is 13.0. The van der Waals surface area contributed by atoms with E-state index in [0.717, 1.165) is 16.7 Å². The van der Waals surface area contributed by atoms with E-state index in [1.807, 2.05) is 38.1 Å². The molecule has 0 aliphatic carbocycles. The number of benzene rings is 3. The molecule has 1 N–H and O–H groups in total. The van der Waals surface area contributed by atoms with Crippen molar-refractivity contribution >= 4 is 35.2 Å². The number of carbonyl (C=O) groups is 2. The summed E-state index contributed by atoms with van der Waals surface area (Å²) < 4.78 is 5.51. The normalized spacial score (nSPS) is 11.8. The number of hydrogen-bond acceptors (Lipinski definition) is 3. The van der Waals surface area contributed by atoms with Crippen molar-refractivity contribution in [1.82, 2.24) is 0 Å². The van der Waals surface area contributed by atoms with E-state index in [4.69, 9.17) is 16.3 Å². The first kappa shape index (κ1) is 21.3. The molecule has 1 atom stereocenters. The Morgan fingerprint density at radius 3 is 2.20 bits per heavy atom. The van der Waals surface area contributed by atoms with Gasteiger partial charge in [0, 0.05) is 22.3 Å². The molecule has 3 aromatic carbocycles. The molecule has 0 heterocycles. The van der Waals surface area contributed by atoms with Gasteiger partial charge in [-0.1, -0.05) is 60.1 Å². The predicted molar refractivity (Wildman–Crippen MR) is 120 cm³/mol. The summed E-state index contributed by atoms with van der Waals surface area (Å²) in [6, 6.07) is 21.7. The van der Waals surface area contributed by atoms with Crippen molar-refractivity contribution in [2.45, 2.75) is 20.0 Å². The third kappa shape index (κ3) is 6.06. The Balaban J connectivity index is 1.77. The summed E-state index contributed by atoms with van der Waals surface area (Å²) in [7, 11) is 0. The van der Waals surface area contributed by atoms with Crippen LogP contribution >= 0.6 is 11.6 Å². The number of amides is 1. The molecule has 0 aromatic heterocycles. The van der Waals surface area contributed by atoms with Crippen LogP contribution in [-0.2, 0) is 14.3 Å². The minimum absolute atomic E-state index is 0.417. The lowest BCUT2D eigenvalue weighted by Gasteiger charge is -2.18. The number of halogens is 1. The van der Waals surface area contributed by atoms with Crippen LogP contribution in [0, 0.1) is 13.8 Å². The molecule has 0 saturated carbocycles. The summed E-state index contributed by atoms with van der Waals surface area (Å²) in [4.78, 5) is 25.4. The maximum Gasteiger partial charge on any atom is 0.331 e. The molecule has 4 nitrogen and oxygen atoms in total. The van der Waals surface area contributed by atoms with Crippen LogP contribution in [0.25, 0.3) is 6.08 Å². The quantitative estimate of drug-likeness (QED) is 0.400. The monoisotopic (exact) mass is 419 g/mol. The zero-order valence-electron chi connectivity index (χ0n) is 16.8. The highest BCUT2D eigenvalue weighted by molar-refractivity contribution is 6.30. The van der Waals surface area contributed by atoms with E-state index in [0.29, 0.717) is 16.3 Å². The van der Waals surface area contributed by atoms with Crippen LogP contribution < -0.4 is 5.32 Å². The van der Waals surface area contributed by atoms with Crippen LogP contribution in [0.2, 0.25) is 5.02 Å². The summed E-state index contributed by atoms with van der Waals surface area (Å²) in [6.45, 7) is 3.91. The van der Waals surface area contributed by atoms with Gasteiger partial charge in [-0.3, -0.25) is 4.79 Å². The fourth-order valence-corrected chi connectivity index (χ4v) is 3.18. The summed E-state index contributed by atoms with van der Waals surface area (Å²) >= 11 is 5.87. The fraction of sp³-hybridized carbons (Fsp3) is 0.120. The first-order valence-electron chi connectivity index (χ1n) is 9.49. The topological polar surface area (TPSA) is 55.4 Å². The van der Waals surface area contributed by atoms with Crippen molar-refractivity contribution < 1.29 is 14.3 Å². The molecular weight excluding hydrogens is 398 g/mol. The Morgan fingerprint density at radius 2 is 1.57 bits per heavy atom.